The number of hydrogen-bond donors (Lipinski definition) is 1. The molecule has 0 saturated heterocycles. The minimum Gasteiger partial charge on any atom is -0.381 e. The SMILES string of the molecule is C=C(C)/C=C\C(Cl)=C(/C)NC(C)c1ccc(C)cc1Cl. The number of nitrogens with one attached hydrogen (secondary N) is 1. The van der Waals surface area contributed by atoms with Crippen molar-refractivity contribution in [3.8, 4) is 0 Å². The van der Waals surface area contributed by atoms with E-state index in [-0.39, 0.29) is 6.04 Å². The van der Waals surface area contributed by atoms with E-state index in [0.717, 1.165) is 27.4 Å². The van der Waals surface area contributed by atoms with E-state index < -0.39 is 0 Å². The highest BCUT2D eigenvalue weighted by molar-refractivity contribution is 6.32. The summed E-state index contributed by atoms with van der Waals surface area (Å²) in [6.07, 6.45) is 3.73. The first kappa shape index (κ1) is 16.9. The molecule has 1 aromatic rings. The van der Waals surface area contributed by atoms with Crippen LogP contribution < -0.4 is 5.32 Å². The van der Waals surface area contributed by atoms with Gasteiger partial charge in [-0.1, -0.05) is 53.6 Å². The molecule has 20 heavy (non-hydrogen) atoms. The zero-order chi connectivity index (χ0) is 15.3. The normalized spacial score (nSPS) is 14.1. The Morgan fingerprint density at radius 1 is 1.30 bits per heavy atom. The van der Waals surface area contributed by atoms with Gasteiger partial charge in [0.05, 0.1) is 5.03 Å². The molecule has 0 saturated carbocycles. The maximum Gasteiger partial charge on any atom is 0.0592 e. The first-order valence-electron chi connectivity index (χ1n) is 6.53. The highest BCUT2D eigenvalue weighted by atomic mass is 35.5. The monoisotopic (exact) mass is 309 g/mol. The maximum absolute atomic E-state index is 6.28. The fraction of sp³-hybridized carbons (Fsp3) is 0.294. The third-order valence-electron chi connectivity index (χ3n) is 2.93. The Kier molecular flexibility index (Phi) is 6.38. The Morgan fingerprint density at radius 2 is 1.95 bits per heavy atom. The van der Waals surface area contributed by atoms with E-state index in [1.54, 1.807) is 0 Å². The summed E-state index contributed by atoms with van der Waals surface area (Å²) in [6, 6.07) is 6.16. The predicted octanol–water partition coefficient (Wildman–Crippen LogP) is 5.90. The van der Waals surface area contributed by atoms with Crippen molar-refractivity contribution in [2.45, 2.75) is 33.7 Å². The van der Waals surface area contributed by atoms with Gasteiger partial charge in [0.1, 0.15) is 0 Å². The van der Waals surface area contributed by atoms with Gasteiger partial charge in [0, 0.05) is 16.8 Å². The Bertz CT molecular complexity index is 556. The van der Waals surface area contributed by atoms with Crippen LogP contribution in [0.5, 0.6) is 0 Å². The molecular formula is C17H21Cl2N. The van der Waals surface area contributed by atoms with Crippen molar-refractivity contribution in [2.24, 2.45) is 0 Å². The molecule has 0 spiro atoms. The summed E-state index contributed by atoms with van der Waals surface area (Å²) in [6.45, 7) is 11.8. The number of allylic oxidation sites excluding steroid dienone is 5. The van der Waals surface area contributed by atoms with Crippen LogP contribution in [0.2, 0.25) is 5.02 Å². The zero-order valence-corrected chi connectivity index (χ0v) is 13.9. The van der Waals surface area contributed by atoms with Gasteiger partial charge < -0.3 is 5.32 Å². The summed E-state index contributed by atoms with van der Waals surface area (Å²) in [5, 5.41) is 4.80. The minimum absolute atomic E-state index is 0.0927. The largest absolute Gasteiger partial charge is 0.381 e. The lowest BCUT2D eigenvalue weighted by atomic mass is 10.1. The van der Waals surface area contributed by atoms with E-state index in [1.807, 2.05) is 45.1 Å². The number of rotatable bonds is 5. The molecule has 0 fully saturated rings. The molecule has 0 aliphatic rings. The fourth-order valence-corrected chi connectivity index (χ4v) is 2.31. The lowest BCUT2D eigenvalue weighted by Gasteiger charge is -2.18. The van der Waals surface area contributed by atoms with Gasteiger partial charge in [0.25, 0.3) is 0 Å². The maximum atomic E-state index is 6.28. The Balaban J connectivity index is 2.86. The van der Waals surface area contributed by atoms with Gasteiger partial charge in [0.2, 0.25) is 0 Å². The van der Waals surface area contributed by atoms with Crippen LogP contribution in [-0.4, -0.2) is 0 Å². The third kappa shape index (κ3) is 5.07. The van der Waals surface area contributed by atoms with E-state index in [1.165, 1.54) is 0 Å². The number of benzene rings is 1. The zero-order valence-electron chi connectivity index (χ0n) is 12.4. The molecule has 0 aliphatic carbocycles. The van der Waals surface area contributed by atoms with Crippen LogP contribution >= 0.6 is 23.2 Å². The first-order chi connectivity index (χ1) is 9.31. The van der Waals surface area contributed by atoms with Crippen LogP contribution in [0.15, 0.2) is 53.2 Å². The third-order valence-corrected chi connectivity index (χ3v) is 3.66. The number of halogens is 2. The Labute approximate surface area is 132 Å². The lowest BCUT2D eigenvalue weighted by Crippen LogP contribution is -2.17. The molecule has 0 aliphatic heterocycles. The molecule has 1 nitrogen and oxygen atoms in total. The van der Waals surface area contributed by atoms with Gasteiger partial charge in [-0.05, 0) is 51.0 Å². The second kappa shape index (κ2) is 7.56. The van der Waals surface area contributed by atoms with E-state index in [9.17, 15) is 0 Å². The van der Waals surface area contributed by atoms with E-state index in [2.05, 4.69) is 24.9 Å². The van der Waals surface area contributed by atoms with Gasteiger partial charge in [-0.25, -0.2) is 0 Å². The second-order valence-electron chi connectivity index (χ2n) is 5.04. The molecule has 0 amide bonds. The smallest absolute Gasteiger partial charge is 0.0592 e. The van der Waals surface area contributed by atoms with E-state index in [0.29, 0.717) is 5.03 Å². The molecule has 0 radical (unpaired) electrons. The topological polar surface area (TPSA) is 12.0 Å². The summed E-state index contributed by atoms with van der Waals surface area (Å²) in [5.74, 6) is 0. The van der Waals surface area contributed by atoms with Crippen LogP contribution in [0.25, 0.3) is 0 Å². The van der Waals surface area contributed by atoms with Gasteiger partial charge in [-0.2, -0.15) is 0 Å². The molecule has 108 valence electrons. The quantitative estimate of drug-likeness (QED) is 0.667. The van der Waals surface area contributed by atoms with Crippen LogP contribution in [0.3, 0.4) is 0 Å². The molecule has 1 rings (SSSR count). The van der Waals surface area contributed by atoms with Crippen molar-refractivity contribution in [1.82, 2.24) is 5.32 Å². The number of aryl methyl sites for hydroxylation is 1. The molecule has 1 unspecified atom stereocenters. The van der Waals surface area contributed by atoms with Gasteiger partial charge in [-0.3, -0.25) is 0 Å². The van der Waals surface area contributed by atoms with Crippen molar-refractivity contribution >= 4 is 23.2 Å². The van der Waals surface area contributed by atoms with Gasteiger partial charge in [-0.15, -0.1) is 0 Å². The van der Waals surface area contributed by atoms with Crippen LogP contribution in [0, 0.1) is 6.92 Å². The van der Waals surface area contributed by atoms with Gasteiger partial charge in [0.15, 0.2) is 0 Å². The van der Waals surface area contributed by atoms with Crippen molar-refractivity contribution in [2.75, 3.05) is 0 Å². The molecule has 0 heterocycles. The predicted molar refractivity (Wildman–Crippen MR) is 90.2 cm³/mol. The minimum atomic E-state index is 0.0927. The van der Waals surface area contributed by atoms with Crippen molar-refractivity contribution in [3.63, 3.8) is 0 Å². The number of hydrogen-bond acceptors (Lipinski definition) is 1. The molecule has 1 atom stereocenters. The van der Waals surface area contributed by atoms with E-state index >= 15 is 0 Å². The highest BCUT2D eigenvalue weighted by Gasteiger charge is 2.10. The first-order valence-corrected chi connectivity index (χ1v) is 7.29. The Hall–Kier alpha value is -1.18. The summed E-state index contributed by atoms with van der Waals surface area (Å²) in [5.41, 5.74) is 4.09. The summed E-state index contributed by atoms with van der Waals surface area (Å²) < 4.78 is 0. The van der Waals surface area contributed by atoms with Crippen molar-refractivity contribution < 1.29 is 0 Å². The second-order valence-corrected chi connectivity index (χ2v) is 5.86. The molecule has 0 aromatic heterocycles. The molecule has 1 N–H and O–H groups in total. The van der Waals surface area contributed by atoms with E-state index in [4.69, 9.17) is 23.2 Å². The standard InChI is InChI=1S/C17H21Cl2N/c1-11(2)6-9-16(18)14(5)20-13(4)15-8-7-12(3)10-17(15)19/h6-10,13,20H,1H2,2-5H3/b9-6-,16-14-. The van der Waals surface area contributed by atoms with Crippen molar-refractivity contribution in [3.05, 3.63) is 69.4 Å². The average Bonchev–Trinajstić information content (AvgIpc) is 2.35. The fourth-order valence-electron chi connectivity index (χ4n) is 1.80. The molecular weight excluding hydrogens is 289 g/mol. The molecule has 3 heteroatoms. The molecule has 0 bridgehead atoms. The van der Waals surface area contributed by atoms with Gasteiger partial charge >= 0.3 is 0 Å². The van der Waals surface area contributed by atoms with Crippen LogP contribution in [-0.2, 0) is 0 Å². The summed E-state index contributed by atoms with van der Waals surface area (Å²) in [7, 11) is 0. The van der Waals surface area contributed by atoms with Crippen LogP contribution in [0.4, 0.5) is 0 Å². The highest BCUT2D eigenvalue weighted by Crippen LogP contribution is 2.25. The van der Waals surface area contributed by atoms with Crippen molar-refractivity contribution in [1.29, 1.82) is 0 Å². The molecule has 1 aromatic carbocycles. The Morgan fingerprint density at radius 3 is 2.50 bits per heavy atom. The lowest BCUT2D eigenvalue weighted by molar-refractivity contribution is 0.653. The summed E-state index contributed by atoms with van der Waals surface area (Å²) >= 11 is 12.5. The summed E-state index contributed by atoms with van der Waals surface area (Å²) in [4.78, 5) is 0. The average molecular weight is 310 g/mol. The van der Waals surface area contributed by atoms with Crippen LogP contribution in [0.1, 0.15) is 37.9 Å².